The summed E-state index contributed by atoms with van der Waals surface area (Å²) in [6.45, 7) is 3.61. The zero-order valence-corrected chi connectivity index (χ0v) is 21.8. The molecule has 5 rings (SSSR count). The number of ether oxygens (including phenoxy) is 1. The van der Waals surface area contributed by atoms with Crippen LogP contribution in [0.3, 0.4) is 0 Å². The van der Waals surface area contributed by atoms with E-state index in [1.54, 1.807) is 7.11 Å². The first-order valence-electron chi connectivity index (χ1n) is 14.1. The van der Waals surface area contributed by atoms with Gasteiger partial charge in [0.05, 0.1) is 13.2 Å². The van der Waals surface area contributed by atoms with Gasteiger partial charge in [0.1, 0.15) is 11.6 Å². The molecule has 36 heavy (non-hydrogen) atoms. The molecule has 3 aliphatic rings. The van der Waals surface area contributed by atoms with E-state index in [4.69, 9.17) is 14.7 Å². The summed E-state index contributed by atoms with van der Waals surface area (Å²) in [6, 6.07) is 8.19. The van der Waals surface area contributed by atoms with Crippen molar-refractivity contribution in [1.82, 2.24) is 14.9 Å². The molecule has 0 unspecified atom stereocenters. The summed E-state index contributed by atoms with van der Waals surface area (Å²) < 4.78 is 5.36. The minimum atomic E-state index is -0.160. The van der Waals surface area contributed by atoms with E-state index in [1.165, 1.54) is 57.3 Å². The van der Waals surface area contributed by atoms with Crippen molar-refractivity contribution >= 4 is 17.5 Å². The molecular weight excluding hydrogens is 450 g/mol. The van der Waals surface area contributed by atoms with E-state index in [9.17, 15) is 5.11 Å². The van der Waals surface area contributed by atoms with E-state index in [0.29, 0.717) is 17.9 Å². The molecule has 3 fully saturated rings. The van der Waals surface area contributed by atoms with Gasteiger partial charge in [-0.25, -0.2) is 4.98 Å². The van der Waals surface area contributed by atoms with E-state index in [-0.39, 0.29) is 6.10 Å². The predicted octanol–water partition coefficient (Wildman–Crippen LogP) is 5.70. The first-order chi connectivity index (χ1) is 17.7. The first-order valence-corrected chi connectivity index (χ1v) is 14.1. The van der Waals surface area contributed by atoms with Gasteiger partial charge in [0.15, 0.2) is 0 Å². The topological polar surface area (TPSA) is 82.5 Å². The van der Waals surface area contributed by atoms with Gasteiger partial charge in [0.25, 0.3) is 0 Å². The molecule has 3 N–H and O–H groups in total. The number of piperidine rings is 1. The minimum absolute atomic E-state index is 0.160. The molecule has 1 aromatic heterocycles. The number of aliphatic hydroxyl groups is 1. The summed E-state index contributed by atoms with van der Waals surface area (Å²) in [7, 11) is 1.67. The number of hydrogen-bond acceptors (Lipinski definition) is 7. The Kier molecular flexibility index (Phi) is 8.59. The maximum Gasteiger partial charge on any atom is 0.229 e. The van der Waals surface area contributed by atoms with Gasteiger partial charge in [0.2, 0.25) is 5.95 Å². The molecule has 0 bridgehead atoms. The first kappa shape index (κ1) is 25.3. The third-order valence-electron chi connectivity index (χ3n) is 8.45. The van der Waals surface area contributed by atoms with Crippen molar-refractivity contribution < 1.29 is 9.84 Å². The van der Waals surface area contributed by atoms with Crippen LogP contribution in [-0.4, -0.2) is 58.9 Å². The zero-order chi connectivity index (χ0) is 24.7. The lowest BCUT2D eigenvalue weighted by Gasteiger charge is -2.36. The molecule has 7 nitrogen and oxygen atoms in total. The maximum absolute atomic E-state index is 9.97. The van der Waals surface area contributed by atoms with Gasteiger partial charge in [-0.05, 0) is 88.4 Å². The third kappa shape index (κ3) is 6.68. The second-order valence-corrected chi connectivity index (χ2v) is 11.1. The lowest BCUT2D eigenvalue weighted by Crippen LogP contribution is -2.37. The Morgan fingerprint density at radius 3 is 2.53 bits per heavy atom. The van der Waals surface area contributed by atoms with Gasteiger partial charge in [-0.3, -0.25) is 0 Å². The zero-order valence-electron chi connectivity index (χ0n) is 21.8. The molecule has 0 atom stereocenters. The molecular formula is C29H43N5O2. The standard InChI is InChI=1S/C29H43N5O2/c1-36-26-9-5-8-24(18-26)32-29-30-19-27(28(33-29)31-23-10-12-25(35)13-11-23)22-14-16-34(17-15-22)20-21-6-3-2-4-7-21/h5,8-9,18-19,21-23,25,35H,2-4,6-7,10-17,20H2,1H3,(H2,30,31,32,33). The summed E-state index contributed by atoms with van der Waals surface area (Å²) in [4.78, 5) is 12.4. The van der Waals surface area contributed by atoms with Crippen molar-refractivity contribution in [2.75, 3.05) is 37.4 Å². The molecule has 196 valence electrons. The number of aromatic nitrogens is 2. The molecule has 0 spiro atoms. The molecule has 0 amide bonds. The molecule has 1 aliphatic heterocycles. The molecule has 2 saturated carbocycles. The van der Waals surface area contributed by atoms with Gasteiger partial charge in [-0.15, -0.1) is 0 Å². The average Bonchev–Trinajstić information content (AvgIpc) is 2.91. The number of likely N-dealkylation sites (tertiary alicyclic amines) is 1. The Bertz CT molecular complexity index is 964. The fourth-order valence-corrected chi connectivity index (χ4v) is 6.27. The Hall–Kier alpha value is -2.38. The van der Waals surface area contributed by atoms with Crippen LogP contribution < -0.4 is 15.4 Å². The van der Waals surface area contributed by atoms with E-state index >= 15 is 0 Å². The second-order valence-electron chi connectivity index (χ2n) is 11.1. The summed E-state index contributed by atoms with van der Waals surface area (Å²) in [5.74, 6) is 3.74. The van der Waals surface area contributed by atoms with Crippen molar-refractivity contribution in [1.29, 1.82) is 0 Å². The van der Waals surface area contributed by atoms with Crippen molar-refractivity contribution in [3.8, 4) is 5.75 Å². The smallest absolute Gasteiger partial charge is 0.229 e. The summed E-state index contributed by atoms with van der Waals surface area (Å²) in [5.41, 5.74) is 2.15. The molecule has 7 heteroatoms. The van der Waals surface area contributed by atoms with Crippen LogP contribution in [-0.2, 0) is 0 Å². The highest BCUT2D eigenvalue weighted by Gasteiger charge is 2.27. The van der Waals surface area contributed by atoms with Crippen molar-refractivity contribution in [3.63, 3.8) is 0 Å². The molecule has 0 radical (unpaired) electrons. The minimum Gasteiger partial charge on any atom is -0.497 e. The van der Waals surface area contributed by atoms with Crippen LogP contribution in [0.25, 0.3) is 0 Å². The lowest BCUT2D eigenvalue weighted by molar-refractivity contribution is 0.126. The molecule has 1 saturated heterocycles. The lowest BCUT2D eigenvalue weighted by atomic mass is 9.86. The maximum atomic E-state index is 9.97. The highest BCUT2D eigenvalue weighted by Crippen LogP contribution is 2.35. The third-order valence-corrected chi connectivity index (χ3v) is 8.45. The Labute approximate surface area is 216 Å². The van der Waals surface area contributed by atoms with E-state index in [1.807, 2.05) is 30.5 Å². The highest BCUT2D eigenvalue weighted by molar-refractivity contribution is 5.58. The number of nitrogens with zero attached hydrogens (tertiary/aromatic N) is 3. The van der Waals surface area contributed by atoms with Crippen molar-refractivity contribution in [2.45, 2.75) is 88.7 Å². The van der Waals surface area contributed by atoms with Gasteiger partial charge < -0.3 is 25.4 Å². The van der Waals surface area contributed by atoms with Gasteiger partial charge in [0, 0.05) is 36.1 Å². The van der Waals surface area contributed by atoms with Crippen LogP contribution in [0.5, 0.6) is 5.75 Å². The van der Waals surface area contributed by atoms with E-state index < -0.39 is 0 Å². The Morgan fingerprint density at radius 2 is 1.78 bits per heavy atom. The highest BCUT2D eigenvalue weighted by atomic mass is 16.5. The quantitative estimate of drug-likeness (QED) is 0.435. The molecule has 2 aromatic rings. The number of rotatable bonds is 8. The number of anilines is 3. The van der Waals surface area contributed by atoms with Crippen molar-refractivity contribution in [2.24, 2.45) is 5.92 Å². The molecule has 2 aliphatic carbocycles. The second kappa shape index (κ2) is 12.2. The molecule has 1 aromatic carbocycles. The molecule has 2 heterocycles. The van der Waals surface area contributed by atoms with Crippen LogP contribution in [0, 0.1) is 5.92 Å². The van der Waals surface area contributed by atoms with Gasteiger partial charge in [-0.2, -0.15) is 4.98 Å². The number of nitrogens with one attached hydrogen (secondary N) is 2. The van der Waals surface area contributed by atoms with Crippen LogP contribution in [0.2, 0.25) is 0 Å². The van der Waals surface area contributed by atoms with Crippen LogP contribution >= 0.6 is 0 Å². The number of aliphatic hydroxyl groups excluding tert-OH is 1. The van der Waals surface area contributed by atoms with Crippen LogP contribution in [0.15, 0.2) is 30.5 Å². The number of hydrogen-bond donors (Lipinski definition) is 3. The van der Waals surface area contributed by atoms with E-state index in [0.717, 1.165) is 61.7 Å². The van der Waals surface area contributed by atoms with Gasteiger partial charge in [-0.1, -0.05) is 25.3 Å². The van der Waals surface area contributed by atoms with E-state index in [2.05, 4.69) is 15.5 Å². The summed E-state index contributed by atoms with van der Waals surface area (Å²) in [5, 5.41) is 17.1. The van der Waals surface area contributed by atoms with Crippen LogP contribution in [0.1, 0.15) is 82.1 Å². The largest absolute Gasteiger partial charge is 0.497 e. The summed E-state index contributed by atoms with van der Waals surface area (Å²) >= 11 is 0. The monoisotopic (exact) mass is 493 g/mol. The fraction of sp³-hybridized carbons (Fsp3) is 0.655. The Balaban J connectivity index is 1.28. The summed E-state index contributed by atoms with van der Waals surface area (Å²) in [6.07, 6.45) is 15.0. The van der Waals surface area contributed by atoms with Crippen LogP contribution in [0.4, 0.5) is 17.5 Å². The Morgan fingerprint density at radius 1 is 1.00 bits per heavy atom. The van der Waals surface area contributed by atoms with Crippen molar-refractivity contribution in [3.05, 3.63) is 36.0 Å². The predicted molar refractivity (Wildman–Crippen MR) is 145 cm³/mol. The fourth-order valence-electron chi connectivity index (χ4n) is 6.27. The number of methoxy groups -OCH3 is 1. The number of benzene rings is 1. The normalized spacial score (nSPS) is 24.4. The van der Waals surface area contributed by atoms with Gasteiger partial charge >= 0.3 is 0 Å². The SMILES string of the molecule is COc1cccc(Nc2ncc(C3CCN(CC4CCCCC4)CC3)c(NC3CCC(O)CC3)n2)c1. The average molecular weight is 494 g/mol.